The van der Waals surface area contributed by atoms with Gasteiger partial charge in [-0.3, -0.25) is 4.98 Å². The van der Waals surface area contributed by atoms with Gasteiger partial charge in [-0.05, 0) is 36.2 Å². The van der Waals surface area contributed by atoms with Crippen molar-refractivity contribution in [1.82, 2.24) is 4.98 Å². The molecule has 0 fully saturated rings. The summed E-state index contributed by atoms with van der Waals surface area (Å²) in [5.74, 6) is 0.776. The Balaban J connectivity index is 2.23. The van der Waals surface area contributed by atoms with Gasteiger partial charge in [0.2, 0.25) is 0 Å². The number of nitrogens with zero attached hydrogens (tertiary/aromatic N) is 1. The fourth-order valence-electron chi connectivity index (χ4n) is 1.60. The Hall–Kier alpha value is -1.87. The molecule has 0 amide bonds. The van der Waals surface area contributed by atoms with Crippen LogP contribution < -0.4 is 4.74 Å². The zero-order chi connectivity index (χ0) is 12.3. The minimum atomic E-state index is -0.693. The predicted octanol–water partition coefficient (Wildman–Crippen LogP) is 2.48. The van der Waals surface area contributed by atoms with E-state index in [4.69, 9.17) is 4.74 Å². The molecule has 3 heteroatoms. The van der Waals surface area contributed by atoms with Crippen molar-refractivity contribution >= 4 is 0 Å². The van der Waals surface area contributed by atoms with Crippen LogP contribution in [-0.2, 0) is 0 Å². The molecule has 1 aromatic carbocycles. The predicted molar refractivity (Wildman–Crippen MR) is 66.0 cm³/mol. The molecular weight excluding hydrogens is 214 g/mol. The zero-order valence-corrected chi connectivity index (χ0v) is 9.92. The van der Waals surface area contributed by atoms with Gasteiger partial charge in [0.25, 0.3) is 0 Å². The van der Waals surface area contributed by atoms with Crippen molar-refractivity contribution in [2.24, 2.45) is 0 Å². The summed E-state index contributed by atoms with van der Waals surface area (Å²) in [7, 11) is 1.62. The number of hydrogen-bond acceptors (Lipinski definition) is 3. The smallest absolute Gasteiger partial charge is 0.121 e. The quantitative estimate of drug-likeness (QED) is 0.879. The van der Waals surface area contributed by atoms with Gasteiger partial charge < -0.3 is 9.84 Å². The van der Waals surface area contributed by atoms with Crippen LogP contribution in [0.15, 0.2) is 42.6 Å². The first-order valence-corrected chi connectivity index (χ1v) is 5.45. The van der Waals surface area contributed by atoms with Crippen LogP contribution in [0, 0.1) is 6.92 Å². The highest BCUT2D eigenvalue weighted by Gasteiger charge is 2.11. The van der Waals surface area contributed by atoms with Crippen molar-refractivity contribution in [3.63, 3.8) is 0 Å². The standard InChI is InChI=1S/C14H15NO2/c1-10-3-8-13(15-9-10)14(16)11-4-6-12(17-2)7-5-11/h3-9,14,16H,1-2H3. The van der Waals surface area contributed by atoms with Crippen LogP contribution in [0.25, 0.3) is 0 Å². The minimum Gasteiger partial charge on any atom is -0.497 e. The number of benzene rings is 1. The number of ether oxygens (including phenoxy) is 1. The lowest BCUT2D eigenvalue weighted by atomic mass is 10.1. The largest absolute Gasteiger partial charge is 0.497 e. The van der Waals surface area contributed by atoms with E-state index in [-0.39, 0.29) is 0 Å². The van der Waals surface area contributed by atoms with Gasteiger partial charge >= 0.3 is 0 Å². The molecule has 3 nitrogen and oxygen atoms in total. The van der Waals surface area contributed by atoms with Crippen molar-refractivity contribution in [2.75, 3.05) is 7.11 Å². The maximum absolute atomic E-state index is 10.1. The number of pyridine rings is 1. The topological polar surface area (TPSA) is 42.4 Å². The van der Waals surface area contributed by atoms with E-state index in [1.165, 1.54) is 0 Å². The molecule has 0 radical (unpaired) electrons. The molecule has 1 unspecified atom stereocenters. The van der Waals surface area contributed by atoms with Crippen molar-refractivity contribution in [3.8, 4) is 5.75 Å². The molecule has 17 heavy (non-hydrogen) atoms. The summed E-state index contributed by atoms with van der Waals surface area (Å²) >= 11 is 0. The Labute approximate surface area is 101 Å². The third-order valence-corrected chi connectivity index (χ3v) is 2.65. The van der Waals surface area contributed by atoms with Crippen molar-refractivity contribution in [3.05, 3.63) is 59.4 Å². The van der Waals surface area contributed by atoms with Gasteiger partial charge in [0.1, 0.15) is 11.9 Å². The molecule has 0 aliphatic rings. The van der Waals surface area contributed by atoms with Crippen molar-refractivity contribution in [2.45, 2.75) is 13.0 Å². The zero-order valence-electron chi connectivity index (χ0n) is 9.92. The Morgan fingerprint density at radius 2 is 1.82 bits per heavy atom. The molecule has 1 aromatic heterocycles. The number of aliphatic hydroxyl groups excluding tert-OH is 1. The van der Waals surface area contributed by atoms with E-state index < -0.39 is 6.10 Å². The third-order valence-electron chi connectivity index (χ3n) is 2.65. The Bertz CT molecular complexity index is 477. The normalized spacial score (nSPS) is 12.2. The van der Waals surface area contributed by atoms with E-state index in [2.05, 4.69) is 4.98 Å². The summed E-state index contributed by atoms with van der Waals surface area (Å²) in [5.41, 5.74) is 2.54. The Morgan fingerprint density at radius 1 is 1.12 bits per heavy atom. The molecule has 2 rings (SSSR count). The molecule has 0 saturated heterocycles. The maximum Gasteiger partial charge on any atom is 0.121 e. The van der Waals surface area contributed by atoms with Gasteiger partial charge in [0.05, 0.1) is 12.8 Å². The van der Waals surface area contributed by atoms with E-state index >= 15 is 0 Å². The molecule has 0 spiro atoms. The second kappa shape index (κ2) is 4.97. The van der Waals surface area contributed by atoms with Gasteiger partial charge in [0.15, 0.2) is 0 Å². The molecule has 1 heterocycles. The van der Waals surface area contributed by atoms with Crippen LogP contribution in [0.4, 0.5) is 0 Å². The first kappa shape index (κ1) is 11.6. The number of hydrogen-bond donors (Lipinski definition) is 1. The fourth-order valence-corrected chi connectivity index (χ4v) is 1.60. The van der Waals surface area contributed by atoms with Crippen LogP contribution in [0.1, 0.15) is 22.9 Å². The monoisotopic (exact) mass is 229 g/mol. The van der Waals surface area contributed by atoms with Gasteiger partial charge in [-0.25, -0.2) is 0 Å². The average Bonchev–Trinajstić information content (AvgIpc) is 2.39. The van der Waals surface area contributed by atoms with Gasteiger partial charge in [0, 0.05) is 6.20 Å². The number of aryl methyl sites for hydroxylation is 1. The molecule has 1 N–H and O–H groups in total. The Kier molecular flexibility index (Phi) is 3.40. The molecule has 0 aliphatic carbocycles. The molecule has 0 bridgehead atoms. The molecule has 0 saturated carbocycles. The van der Waals surface area contributed by atoms with Crippen LogP contribution >= 0.6 is 0 Å². The minimum absolute atomic E-state index is 0.653. The lowest BCUT2D eigenvalue weighted by Crippen LogP contribution is -2.02. The Morgan fingerprint density at radius 3 is 2.35 bits per heavy atom. The second-order valence-corrected chi connectivity index (χ2v) is 3.94. The van der Waals surface area contributed by atoms with Crippen LogP contribution in [0.2, 0.25) is 0 Å². The summed E-state index contributed by atoms with van der Waals surface area (Å²) < 4.78 is 5.07. The average molecular weight is 229 g/mol. The summed E-state index contributed by atoms with van der Waals surface area (Å²) in [6, 6.07) is 11.1. The second-order valence-electron chi connectivity index (χ2n) is 3.94. The van der Waals surface area contributed by atoms with E-state index in [1.807, 2.05) is 43.3 Å². The van der Waals surface area contributed by atoms with Gasteiger partial charge in [-0.1, -0.05) is 18.2 Å². The lowest BCUT2D eigenvalue weighted by Gasteiger charge is -2.11. The molecule has 1 atom stereocenters. The van der Waals surface area contributed by atoms with Crippen LogP contribution in [-0.4, -0.2) is 17.2 Å². The van der Waals surface area contributed by atoms with Gasteiger partial charge in [-0.2, -0.15) is 0 Å². The molecule has 2 aromatic rings. The van der Waals surface area contributed by atoms with Crippen molar-refractivity contribution in [1.29, 1.82) is 0 Å². The molecular formula is C14H15NO2. The van der Waals surface area contributed by atoms with E-state index in [0.29, 0.717) is 5.69 Å². The molecule has 0 aliphatic heterocycles. The van der Waals surface area contributed by atoms with Gasteiger partial charge in [-0.15, -0.1) is 0 Å². The lowest BCUT2D eigenvalue weighted by molar-refractivity contribution is 0.215. The highest BCUT2D eigenvalue weighted by atomic mass is 16.5. The number of aliphatic hydroxyl groups is 1. The fraction of sp³-hybridized carbons (Fsp3) is 0.214. The number of aromatic nitrogens is 1. The highest BCUT2D eigenvalue weighted by Crippen LogP contribution is 2.22. The van der Waals surface area contributed by atoms with Crippen LogP contribution in [0.5, 0.6) is 5.75 Å². The number of methoxy groups -OCH3 is 1. The first-order valence-electron chi connectivity index (χ1n) is 5.45. The highest BCUT2D eigenvalue weighted by molar-refractivity contribution is 5.32. The summed E-state index contributed by atoms with van der Waals surface area (Å²) in [4.78, 5) is 4.22. The maximum atomic E-state index is 10.1. The van der Waals surface area contributed by atoms with Crippen LogP contribution in [0.3, 0.4) is 0 Å². The molecule has 88 valence electrons. The SMILES string of the molecule is COc1ccc(C(O)c2ccc(C)cn2)cc1. The summed E-state index contributed by atoms with van der Waals surface area (Å²) in [6.45, 7) is 1.97. The van der Waals surface area contributed by atoms with Crippen molar-refractivity contribution < 1.29 is 9.84 Å². The number of rotatable bonds is 3. The van der Waals surface area contributed by atoms with E-state index in [1.54, 1.807) is 13.3 Å². The summed E-state index contributed by atoms with van der Waals surface area (Å²) in [5, 5.41) is 10.1. The summed E-state index contributed by atoms with van der Waals surface area (Å²) in [6.07, 6.45) is 1.06. The van der Waals surface area contributed by atoms with E-state index in [0.717, 1.165) is 16.9 Å². The first-order chi connectivity index (χ1) is 8.20. The van der Waals surface area contributed by atoms with E-state index in [9.17, 15) is 5.11 Å². The third kappa shape index (κ3) is 2.63.